The zero-order valence-electron chi connectivity index (χ0n) is 24.1. The van der Waals surface area contributed by atoms with E-state index in [0.29, 0.717) is 23.9 Å². The van der Waals surface area contributed by atoms with Crippen molar-refractivity contribution in [3.05, 3.63) is 11.6 Å². The van der Waals surface area contributed by atoms with Crippen molar-refractivity contribution in [1.82, 2.24) is 10.6 Å². The first-order valence-corrected chi connectivity index (χ1v) is 15.5. The maximum Gasteiger partial charge on any atom is 0.223 e. The van der Waals surface area contributed by atoms with Gasteiger partial charge < -0.3 is 15.7 Å². The van der Waals surface area contributed by atoms with Gasteiger partial charge in [0.25, 0.3) is 0 Å². The molecule has 4 aliphatic carbocycles. The molecule has 4 aliphatic rings. The second-order valence-electron chi connectivity index (χ2n) is 14.0. The number of aliphatic hydroxyl groups excluding tert-OH is 1. The average molecular weight is 501 g/mol. The molecular formula is C32H56N2O2. The van der Waals surface area contributed by atoms with Crippen LogP contribution in [0, 0.1) is 52.3 Å². The van der Waals surface area contributed by atoms with Crippen LogP contribution in [0.5, 0.6) is 0 Å². The number of hydrogen-bond donors (Lipinski definition) is 3. The van der Waals surface area contributed by atoms with Gasteiger partial charge in [0.1, 0.15) is 0 Å². The molecule has 4 nitrogen and oxygen atoms in total. The maximum atomic E-state index is 12.9. The van der Waals surface area contributed by atoms with Crippen LogP contribution >= 0.6 is 0 Å². The number of rotatable bonds is 11. The van der Waals surface area contributed by atoms with Gasteiger partial charge in [0.05, 0.1) is 6.61 Å². The fraction of sp³-hybridized carbons (Fsp3) is 0.906. The minimum atomic E-state index is 0.134. The van der Waals surface area contributed by atoms with E-state index in [1.807, 2.05) is 0 Å². The summed E-state index contributed by atoms with van der Waals surface area (Å²) in [7, 11) is 0. The van der Waals surface area contributed by atoms with Crippen LogP contribution in [0.25, 0.3) is 0 Å². The lowest BCUT2D eigenvalue weighted by molar-refractivity contribution is -0.126. The SMILES string of the molecule is CC(C)CCC[C@@H](C)[C@H]1CC[C@H]2[C@@H]3CC=C4C[C@@H](C(=O)NCCNCCO)CC[C@]4(C)[C@H]3CC[C@]12C. The molecule has 0 bridgehead atoms. The maximum absolute atomic E-state index is 12.9. The van der Waals surface area contributed by atoms with Gasteiger partial charge in [-0.2, -0.15) is 0 Å². The van der Waals surface area contributed by atoms with Gasteiger partial charge >= 0.3 is 0 Å². The molecule has 0 saturated heterocycles. The molecule has 0 heterocycles. The third kappa shape index (κ3) is 5.60. The third-order valence-electron chi connectivity index (χ3n) is 11.6. The van der Waals surface area contributed by atoms with E-state index in [4.69, 9.17) is 5.11 Å². The van der Waals surface area contributed by atoms with Gasteiger partial charge in [-0.15, -0.1) is 0 Å². The molecule has 4 heteroatoms. The van der Waals surface area contributed by atoms with Crippen LogP contribution in [-0.2, 0) is 4.79 Å². The molecule has 3 fully saturated rings. The molecule has 0 radical (unpaired) electrons. The monoisotopic (exact) mass is 500 g/mol. The molecule has 206 valence electrons. The first-order chi connectivity index (χ1) is 17.2. The highest BCUT2D eigenvalue weighted by Crippen LogP contribution is 2.67. The molecule has 36 heavy (non-hydrogen) atoms. The van der Waals surface area contributed by atoms with Crippen LogP contribution in [0.15, 0.2) is 11.6 Å². The molecule has 0 aromatic heterocycles. The summed E-state index contributed by atoms with van der Waals surface area (Å²) < 4.78 is 0. The first-order valence-electron chi connectivity index (χ1n) is 15.5. The van der Waals surface area contributed by atoms with E-state index in [0.717, 1.165) is 54.9 Å². The fourth-order valence-corrected chi connectivity index (χ4v) is 9.53. The summed E-state index contributed by atoms with van der Waals surface area (Å²) in [5.41, 5.74) is 2.46. The highest BCUT2D eigenvalue weighted by Gasteiger charge is 2.59. The minimum Gasteiger partial charge on any atom is -0.395 e. The molecule has 0 aromatic rings. The second-order valence-corrected chi connectivity index (χ2v) is 14.0. The van der Waals surface area contributed by atoms with Crippen molar-refractivity contribution in [1.29, 1.82) is 0 Å². The molecule has 8 atom stereocenters. The van der Waals surface area contributed by atoms with Crippen LogP contribution in [0.3, 0.4) is 0 Å². The van der Waals surface area contributed by atoms with E-state index in [1.165, 1.54) is 57.8 Å². The Balaban J connectivity index is 1.37. The number of allylic oxidation sites excluding steroid dienone is 2. The standard InChI is InChI=1S/C32H56N2O2/c1-22(2)7-6-8-23(3)27-11-12-28-26-10-9-25-21-24(30(36)34-18-17-33-19-20-35)13-15-31(25,4)29(26)14-16-32(27,28)5/h9,22-24,26-29,33,35H,6-8,10-21H2,1-5H3,(H,34,36)/t23-,24+,26+,27-,28+,29+,31+,32-/m1/s1. The van der Waals surface area contributed by atoms with E-state index in [-0.39, 0.29) is 18.4 Å². The van der Waals surface area contributed by atoms with Gasteiger partial charge in [-0.1, -0.05) is 65.5 Å². The van der Waals surface area contributed by atoms with E-state index in [9.17, 15) is 4.79 Å². The predicted octanol–water partition coefficient (Wildman–Crippen LogP) is 6.34. The zero-order chi connectivity index (χ0) is 25.9. The van der Waals surface area contributed by atoms with E-state index >= 15 is 0 Å². The largest absolute Gasteiger partial charge is 0.395 e. The molecule has 4 rings (SSSR count). The molecule has 3 N–H and O–H groups in total. The minimum absolute atomic E-state index is 0.134. The zero-order valence-corrected chi connectivity index (χ0v) is 24.1. The van der Waals surface area contributed by atoms with E-state index in [1.54, 1.807) is 5.57 Å². The number of hydrogen-bond acceptors (Lipinski definition) is 3. The molecule has 0 aromatic carbocycles. The van der Waals surface area contributed by atoms with Crippen LogP contribution < -0.4 is 10.6 Å². The van der Waals surface area contributed by atoms with Crippen LogP contribution in [0.1, 0.15) is 105 Å². The highest BCUT2D eigenvalue weighted by molar-refractivity contribution is 5.79. The van der Waals surface area contributed by atoms with Crippen molar-refractivity contribution in [2.45, 2.75) is 105 Å². The van der Waals surface area contributed by atoms with Crippen molar-refractivity contribution in [2.24, 2.45) is 52.3 Å². The number of aliphatic hydroxyl groups is 1. The molecule has 1 amide bonds. The Kier molecular flexibility index (Phi) is 9.30. The van der Waals surface area contributed by atoms with Crippen LogP contribution in [0.2, 0.25) is 0 Å². The van der Waals surface area contributed by atoms with Crippen LogP contribution in [0.4, 0.5) is 0 Å². The summed E-state index contributed by atoms with van der Waals surface area (Å²) in [4.78, 5) is 12.9. The lowest BCUT2D eigenvalue weighted by atomic mass is 9.46. The summed E-state index contributed by atoms with van der Waals surface area (Å²) in [6.07, 6.45) is 17.0. The third-order valence-corrected chi connectivity index (χ3v) is 11.6. The van der Waals surface area contributed by atoms with Crippen molar-refractivity contribution in [3.63, 3.8) is 0 Å². The Hall–Kier alpha value is -0.870. The Morgan fingerprint density at radius 3 is 2.58 bits per heavy atom. The number of amides is 1. The quantitative estimate of drug-likeness (QED) is 0.229. The Morgan fingerprint density at radius 2 is 1.83 bits per heavy atom. The topological polar surface area (TPSA) is 61.4 Å². The Morgan fingerprint density at radius 1 is 1.03 bits per heavy atom. The van der Waals surface area contributed by atoms with Gasteiger partial charge in [0.2, 0.25) is 5.91 Å². The smallest absolute Gasteiger partial charge is 0.223 e. The van der Waals surface area contributed by atoms with Gasteiger partial charge in [-0.05, 0) is 97.7 Å². The van der Waals surface area contributed by atoms with Gasteiger partial charge in [0.15, 0.2) is 0 Å². The normalized spacial score (nSPS) is 38.6. The second kappa shape index (κ2) is 11.9. The van der Waals surface area contributed by atoms with Gasteiger partial charge in [-0.25, -0.2) is 0 Å². The van der Waals surface area contributed by atoms with Crippen molar-refractivity contribution in [2.75, 3.05) is 26.2 Å². The molecule has 0 aliphatic heterocycles. The lowest BCUT2D eigenvalue weighted by Gasteiger charge is -2.58. The fourth-order valence-electron chi connectivity index (χ4n) is 9.53. The molecule has 0 spiro atoms. The molecule has 3 saturated carbocycles. The summed E-state index contributed by atoms with van der Waals surface area (Å²) in [6, 6.07) is 0. The summed E-state index contributed by atoms with van der Waals surface area (Å²) in [6.45, 7) is 14.6. The number of carbonyl (C=O) groups excluding carboxylic acids is 1. The van der Waals surface area contributed by atoms with Crippen molar-refractivity contribution < 1.29 is 9.90 Å². The van der Waals surface area contributed by atoms with E-state index < -0.39 is 0 Å². The summed E-state index contributed by atoms with van der Waals surface area (Å²) in [5, 5.41) is 15.2. The van der Waals surface area contributed by atoms with E-state index in [2.05, 4.69) is 51.3 Å². The Labute approximate surface area is 221 Å². The first kappa shape index (κ1) is 28.1. The number of carbonyl (C=O) groups is 1. The highest BCUT2D eigenvalue weighted by atomic mass is 16.3. The number of fused-ring (bicyclic) bond motifs is 5. The lowest BCUT2D eigenvalue weighted by Crippen LogP contribution is -2.51. The average Bonchev–Trinajstić information content (AvgIpc) is 3.20. The predicted molar refractivity (Wildman–Crippen MR) is 150 cm³/mol. The number of nitrogens with one attached hydrogen (secondary N) is 2. The summed E-state index contributed by atoms with van der Waals surface area (Å²) >= 11 is 0. The Bertz CT molecular complexity index is 778. The van der Waals surface area contributed by atoms with Gasteiger partial charge in [0, 0.05) is 25.6 Å². The molecular weight excluding hydrogens is 444 g/mol. The van der Waals surface area contributed by atoms with Crippen molar-refractivity contribution >= 4 is 5.91 Å². The van der Waals surface area contributed by atoms with Crippen molar-refractivity contribution in [3.8, 4) is 0 Å². The van der Waals surface area contributed by atoms with Gasteiger partial charge in [-0.3, -0.25) is 4.79 Å². The summed E-state index contributed by atoms with van der Waals surface area (Å²) in [5.74, 6) is 5.55. The van der Waals surface area contributed by atoms with Crippen LogP contribution in [-0.4, -0.2) is 37.3 Å². The molecule has 0 unspecified atom stereocenters.